The number of hydrogen-bond acceptors (Lipinski definition) is 7. The second-order valence-corrected chi connectivity index (χ2v) is 15.7. The molecule has 9 heteroatoms. The summed E-state index contributed by atoms with van der Waals surface area (Å²) in [7, 11) is -3.70. The molecular formula is C35H42N4O4S. The lowest BCUT2D eigenvalue weighted by Crippen LogP contribution is -2.51. The van der Waals surface area contributed by atoms with Crippen LogP contribution in [0, 0.1) is 30.1 Å². The van der Waals surface area contributed by atoms with Gasteiger partial charge in [0.2, 0.25) is 10.0 Å². The fourth-order valence-electron chi connectivity index (χ4n) is 9.08. The fraction of sp³-hybridized carbons (Fsp3) is 0.486. The topological polar surface area (TPSA) is 103 Å². The number of hydrogen-bond donors (Lipinski definition) is 2. The van der Waals surface area contributed by atoms with Gasteiger partial charge in [0, 0.05) is 55.7 Å². The van der Waals surface area contributed by atoms with Gasteiger partial charge in [-0.25, -0.2) is 13.1 Å². The molecule has 8 rings (SSSR count). The standard InChI is InChI=1S/C35H42N4O4S/c1-24-12-25(2-7-33(24)30-16-32(40)21-36-20-30)22-38-8-10-39(11-9-38)31-5-3-29(4-6-31)34(41)37-44(42,43)23-35-17-26-13-27(18-35)15-28(14-26)19-35/h2-7,12,16,20-21,26-28,40H,8-11,13-15,17-19,22-23H2,1H3,(H,37,41). The van der Waals surface area contributed by atoms with E-state index in [1.807, 2.05) is 12.1 Å². The Morgan fingerprint density at radius 2 is 1.59 bits per heavy atom. The zero-order chi connectivity index (χ0) is 30.5. The van der Waals surface area contributed by atoms with Crippen LogP contribution in [0.3, 0.4) is 0 Å². The zero-order valence-electron chi connectivity index (χ0n) is 25.4. The molecule has 5 fully saturated rings. The van der Waals surface area contributed by atoms with Crippen LogP contribution in [-0.2, 0) is 16.6 Å². The van der Waals surface area contributed by atoms with Gasteiger partial charge in [0.25, 0.3) is 5.91 Å². The van der Waals surface area contributed by atoms with E-state index in [-0.39, 0.29) is 16.9 Å². The molecule has 1 saturated heterocycles. The van der Waals surface area contributed by atoms with Crippen molar-refractivity contribution in [3.8, 4) is 16.9 Å². The largest absolute Gasteiger partial charge is 0.506 e. The third kappa shape index (κ3) is 6.22. The average molecular weight is 615 g/mol. The molecule has 0 radical (unpaired) electrons. The van der Waals surface area contributed by atoms with E-state index < -0.39 is 15.9 Å². The first-order chi connectivity index (χ1) is 21.1. The second kappa shape index (κ2) is 11.5. The highest BCUT2D eigenvalue weighted by atomic mass is 32.2. The van der Waals surface area contributed by atoms with Crippen molar-refractivity contribution in [2.24, 2.45) is 23.2 Å². The van der Waals surface area contributed by atoms with Crippen LogP contribution in [0.4, 0.5) is 5.69 Å². The third-order valence-corrected chi connectivity index (χ3v) is 12.0. The van der Waals surface area contributed by atoms with Crippen molar-refractivity contribution in [3.05, 3.63) is 77.6 Å². The first kappa shape index (κ1) is 29.3. The van der Waals surface area contributed by atoms with Gasteiger partial charge in [-0.3, -0.25) is 14.7 Å². The fourth-order valence-corrected chi connectivity index (χ4v) is 10.7. The number of benzene rings is 2. The Labute approximate surface area is 260 Å². The van der Waals surface area contributed by atoms with Crippen LogP contribution in [0.2, 0.25) is 0 Å². The van der Waals surface area contributed by atoms with E-state index in [0.29, 0.717) is 23.3 Å². The molecule has 5 aliphatic rings. The van der Waals surface area contributed by atoms with Gasteiger partial charge >= 0.3 is 0 Å². The number of anilines is 1. The Morgan fingerprint density at radius 3 is 2.20 bits per heavy atom. The van der Waals surface area contributed by atoms with Crippen molar-refractivity contribution < 1.29 is 18.3 Å². The summed E-state index contributed by atoms with van der Waals surface area (Å²) in [5.41, 5.74) is 5.66. The summed E-state index contributed by atoms with van der Waals surface area (Å²) >= 11 is 0. The number of carbonyl (C=O) groups is 1. The van der Waals surface area contributed by atoms with Crippen molar-refractivity contribution in [1.82, 2.24) is 14.6 Å². The second-order valence-electron chi connectivity index (χ2n) is 14.0. The highest BCUT2D eigenvalue weighted by molar-refractivity contribution is 7.90. The van der Waals surface area contributed by atoms with Crippen molar-refractivity contribution in [1.29, 1.82) is 0 Å². The van der Waals surface area contributed by atoms with E-state index >= 15 is 0 Å². The Hall–Kier alpha value is -3.43. The number of amides is 1. The van der Waals surface area contributed by atoms with Gasteiger partial charge in [-0.05, 0) is 116 Å². The van der Waals surface area contributed by atoms with Gasteiger partial charge in [-0.15, -0.1) is 0 Å². The molecule has 44 heavy (non-hydrogen) atoms. The van der Waals surface area contributed by atoms with Crippen molar-refractivity contribution in [3.63, 3.8) is 0 Å². The highest BCUT2D eigenvalue weighted by Gasteiger charge is 2.52. The Balaban J connectivity index is 0.914. The maximum atomic E-state index is 13.1. The van der Waals surface area contributed by atoms with Crippen molar-refractivity contribution >= 4 is 21.6 Å². The molecule has 2 aromatic carbocycles. The van der Waals surface area contributed by atoms with Crippen LogP contribution >= 0.6 is 0 Å². The van der Waals surface area contributed by atoms with Gasteiger partial charge in [-0.2, -0.15) is 0 Å². The normalized spacial score (nSPS) is 26.6. The lowest BCUT2D eigenvalue weighted by molar-refractivity contribution is -0.0391. The number of piperazine rings is 1. The summed E-state index contributed by atoms with van der Waals surface area (Å²) in [5.74, 6) is 1.73. The SMILES string of the molecule is Cc1cc(CN2CCN(c3ccc(C(=O)NS(=O)(=O)CC45CC6CC(CC(C6)C4)C5)cc3)CC2)ccc1-c1cncc(O)c1. The number of rotatable bonds is 8. The Kier molecular flexibility index (Phi) is 7.65. The van der Waals surface area contributed by atoms with E-state index in [1.165, 1.54) is 31.0 Å². The van der Waals surface area contributed by atoms with E-state index in [0.717, 1.165) is 74.4 Å². The Morgan fingerprint density at radius 1 is 0.932 bits per heavy atom. The first-order valence-electron chi connectivity index (χ1n) is 16.0. The lowest BCUT2D eigenvalue weighted by atomic mass is 9.50. The van der Waals surface area contributed by atoms with E-state index in [9.17, 15) is 18.3 Å². The molecule has 4 aliphatic carbocycles. The molecular weight excluding hydrogens is 572 g/mol. The number of sulfonamides is 1. The number of aromatic nitrogens is 1. The van der Waals surface area contributed by atoms with Crippen LogP contribution in [0.1, 0.15) is 60.0 Å². The lowest BCUT2D eigenvalue weighted by Gasteiger charge is -2.56. The molecule has 3 aromatic rings. The Bertz CT molecular complexity index is 1610. The monoisotopic (exact) mass is 614 g/mol. The summed E-state index contributed by atoms with van der Waals surface area (Å²) in [6.45, 7) is 6.53. The summed E-state index contributed by atoms with van der Waals surface area (Å²) in [6, 6.07) is 15.5. The molecule has 4 saturated carbocycles. The van der Waals surface area contributed by atoms with Crippen LogP contribution in [-0.4, -0.2) is 61.2 Å². The summed E-state index contributed by atoms with van der Waals surface area (Å²) < 4.78 is 28.7. The first-order valence-corrected chi connectivity index (χ1v) is 17.6. The maximum absolute atomic E-state index is 13.1. The predicted octanol–water partition coefficient (Wildman–Crippen LogP) is 5.36. The number of nitrogens with one attached hydrogen (secondary N) is 1. The van der Waals surface area contributed by atoms with Crippen molar-refractivity contribution in [2.45, 2.75) is 52.0 Å². The minimum absolute atomic E-state index is 0.0797. The molecule has 1 aromatic heterocycles. The number of aryl methyl sites for hydroxylation is 1. The molecule has 0 atom stereocenters. The van der Waals surface area contributed by atoms with Gasteiger partial charge in [0.05, 0.1) is 11.9 Å². The summed E-state index contributed by atoms with van der Waals surface area (Å²) in [5, 5.41) is 9.79. The number of nitrogens with zero attached hydrogens (tertiary/aromatic N) is 3. The molecule has 2 heterocycles. The molecule has 232 valence electrons. The molecule has 8 nitrogen and oxygen atoms in total. The molecule has 1 aliphatic heterocycles. The molecule has 2 N–H and O–H groups in total. The maximum Gasteiger partial charge on any atom is 0.264 e. The number of pyridine rings is 1. The highest BCUT2D eigenvalue weighted by Crippen LogP contribution is 2.60. The summed E-state index contributed by atoms with van der Waals surface area (Å²) in [4.78, 5) is 21.8. The zero-order valence-corrected chi connectivity index (χ0v) is 26.2. The van der Waals surface area contributed by atoms with Crippen LogP contribution in [0.5, 0.6) is 5.75 Å². The predicted molar refractivity (Wildman–Crippen MR) is 172 cm³/mol. The van der Waals surface area contributed by atoms with Gasteiger partial charge in [0.1, 0.15) is 5.75 Å². The average Bonchev–Trinajstić information content (AvgIpc) is 2.96. The minimum atomic E-state index is -3.70. The molecule has 0 spiro atoms. The number of carbonyl (C=O) groups excluding carboxylic acids is 1. The molecule has 4 bridgehead atoms. The van der Waals surface area contributed by atoms with E-state index in [2.05, 4.69) is 44.6 Å². The van der Waals surface area contributed by atoms with Gasteiger partial charge in [-0.1, -0.05) is 18.2 Å². The van der Waals surface area contributed by atoms with Crippen molar-refractivity contribution in [2.75, 3.05) is 36.8 Å². The summed E-state index contributed by atoms with van der Waals surface area (Å²) in [6.07, 6.45) is 10.0. The van der Waals surface area contributed by atoms with Gasteiger partial charge < -0.3 is 10.0 Å². The number of aromatic hydroxyl groups is 1. The minimum Gasteiger partial charge on any atom is -0.506 e. The quantitative estimate of drug-likeness (QED) is 0.352. The molecule has 0 unspecified atom stereocenters. The van der Waals surface area contributed by atoms with Crippen LogP contribution in [0.25, 0.3) is 11.1 Å². The van der Waals surface area contributed by atoms with E-state index in [1.54, 1.807) is 24.4 Å². The third-order valence-electron chi connectivity index (χ3n) is 10.5. The van der Waals surface area contributed by atoms with E-state index in [4.69, 9.17) is 0 Å². The van der Waals surface area contributed by atoms with Gasteiger partial charge in [0.15, 0.2) is 0 Å². The van der Waals surface area contributed by atoms with Crippen LogP contribution in [0.15, 0.2) is 60.9 Å². The smallest absolute Gasteiger partial charge is 0.264 e. The molecule has 1 amide bonds. The van der Waals surface area contributed by atoms with Crippen LogP contribution < -0.4 is 9.62 Å².